The molecule has 0 heterocycles. The van der Waals surface area contributed by atoms with Crippen molar-refractivity contribution in [3.63, 3.8) is 0 Å². The molecule has 2 heteroatoms. The minimum atomic E-state index is 0.698. The van der Waals surface area contributed by atoms with E-state index in [-0.39, 0.29) is 0 Å². The van der Waals surface area contributed by atoms with Crippen LogP contribution in [-0.4, -0.2) is 30.6 Å². The molecule has 1 fully saturated rings. The molecule has 0 aliphatic heterocycles. The number of rotatable bonds is 5. The molecule has 2 nitrogen and oxygen atoms in total. The van der Waals surface area contributed by atoms with Gasteiger partial charge in [0.15, 0.2) is 0 Å². The summed E-state index contributed by atoms with van der Waals surface area (Å²) in [5.74, 6) is 0. The second-order valence-corrected chi connectivity index (χ2v) is 4.16. The predicted molar refractivity (Wildman–Crippen MR) is 60.2 cm³/mol. The normalized spacial score (nSPS) is 18.4. The highest BCUT2D eigenvalue weighted by atomic mass is 15.1. The lowest BCUT2D eigenvalue weighted by atomic mass is 9.94. The van der Waals surface area contributed by atoms with Gasteiger partial charge >= 0.3 is 0 Å². The van der Waals surface area contributed by atoms with Gasteiger partial charge in [-0.25, -0.2) is 6.57 Å². The van der Waals surface area contributed by atoms with E-state index in [0.717, 1.165) is 25.6 Å². The fourth-order valence-electron chi connectivity index (χ4n) is 2.40. The maximum atomic E-state index is 6.75. The largest absolute Gasteiger partial charge is 0.317 e. The van der Waals surface area contributed by atoms with Crippen LogP contribution < -0.4 is 0 Å². The van der Waals surface area contributed by atoms with Crippen molar-refractivity contribution in [1.29, 1.82) is 0 Å². The molecule has 1 saturated carbocycles. The van der Waals surface area contributed by atoms with E-state index in [9.17, 15) is 0 Å². The summed E-state index contributed by atoms with van der Waals surface area (Å²) in [5, 5.41) is 0. The highest BCUT2D eigenvalue weighted by molar-refractivity contribution is 4.75. The van der Waals surface area contributed by atoms with E-state index in [1.54, 1.807) is 0 Å². The maximum absolute atomic E-state index is 6.75. The Hall–Kier alpha value is -0.550. The van der Waals surface area contributed by atoms with Gasteiger partial charge in [0.05, 0.1) is 0 Å². The van der Waals surface area contributed by atoms with Crippen LogP contribution in [0.2, 0.25) is 0 Å². The van der Waals surface area contributed by atoms with Crippen molar-refractivity contribution in [2.45, 2.75) is 51.5 Å². The van der Waals surface area contributed by atoms with Crippen LogP contribution in [0.4, 0.5) is 0 Å². The zero-order valence-electron chi connectivity index (χ0n) is 9.34. The van der Waals surface area contributed by atoms with Crippen molar-refractivity contribution in [2.24, 2.45) is 0 Å². The first-order chi connectivity index (χ1) is 6.88. The second kappa shape index (κ2) is 6.84. The van der Waals surface area contributed by atoms with Gasteiger partial charge in [0, 0.05) is 19.0 Å². The van der Waals surface area contributed by atoms with Crippen molar-refractivity contribution in [2.75, 3.05) is 19.6 Å². The van der Waals surface area contributed by atoms with Gasteiger partial charge in [-0.15, -0.1) is 0 Å². The third kappa shape index (κ3) is 3.67. The van der Waals surface area contributed by atoms with Gasteiger partial charge in [0.25, 0.3) is 0 Å². The van der Waals surface area contributed by atoms with Crippen LogP contribution in [0.25, 0.3) is 4.85 Å². The molecule has 0 bridgehead atoms. The highest BCUT2D eigenvalue weighted by Crippen LogP contribution is 2.22. The van der Waals surface area contributed by atoms with Gasteiger partial charge in [0.1, 0.15) is 0 Å². The molecule has 0 radical (unpaired) electrons. The number of hydrogen-bond acceptors (Lipinski definition) is 1. The minimum absolute atomic E-state index is 0.698. The highest BCUT2D eigenvalue weighted by Gasteiger charge is 2.19. The van der Waals surface area contributed by atoms with E-state index < -0.39 is 0 Å². The lowest BCUT2D eigenvalue weighted by Gasteiger charge is -2.33. The molecular formula is C12H22N2. The summed E-state index contributed by atoms with van der Waals surface area (Å²) >= 11 is 0. The molecule has 0 aromatic heterocycles. The van der Waals surface area contributed by atoms with Crippen LogP contribution in [0.1, 0.15) is 45.4 Å². The Balaban J connectivity index is 2.25. The average Bonchev–Trinajstić information content (AvgIpc) is 2.26. The maximum Gasteiger partial charge on any atom is 0.215 e. The Morgan fingerprint density at radius 1 is 1.29 bits per heavy atom. The van der Waals surface area contributed by atoms with Crippen LogP contribution in [-0.2, 0) is 0 Å². The molecule has 0 atom stereocenters. The molecule has 1 aliphatic rings. The molecule has 0 aromatic rings. The van der Waals surface area contributed by atoms with Crippen molar-refractivity contribution >= 4 is 0 Å². The van der Waals surface area contributed by atoms with Crippen LogP contribution in [0.3, 0.4) is 0 Å². The Bertz CT molecular complexity index is 177. The Kier molecular flexibility index (Phi) is 5.63. The summed E-state index contributed by atoms with van der Waals surface area (Å²) in [5.41, 5.74) is 0. The van der Waals surface area contributed by atoms with Crippen LogP contribution in [0.5, 0.6) is 0 Å². The first kappa shape index (κ1) is 11.5. The third-order valence-corrected chi connectivity index (χ3v) is 3.21. The molecule has 0 saturated heterocycles. The fourth-order valence-corrected chi connectivity index (χ4v) is 2.40. The van der Waals surface area contributed by atoms with E-state index in [1.165, 1.54) is 32.1 Å². The van der Waals surface area contributed by atoms with Gasteiger partial charge < -0.3 is 9.74 Å². The smallest absolute Gasteiger partial charge is 0.215 e. The summed E-state index contributed by atoms with van der Waals surface area (Å²) in [7, 11) is 0. The van der Waals surface area contributed by atoms with E-state index in [0.29, 0.717) is 6.54 Å². The van der Waals surface area contributed by atoms with Crippen LogP contribution in [0, 0.1) is 6.57 Å². The summed E-state index contributed by atoms with van der Waals surface area (Å²) in [6.45, 7) is 12.0. The van der Waals surface area contributed by atoms with Crippen LogP contribution >= 0.6 is 0 Å². The Labute approximate surface area is 88.1 Å². The van der Waals surface area contributed by atoms with E-state index in [1.807, 2.05) is 0 Å². The lowest BCUT2D eigenvalue weighted by Crippen LogP contribution is -2.37. The predicted octanol–water partition coefficient (Wildman–Crippen LogP) is 2.95. The number of hydrogen-bond donors (Lipinski definition) is 0. The standard InChI is InChI=1S/C12H22N2/c1-3-14(11-7-10-13-2)12-8-5-4-6-9-12/h12H,3-11H2,1H3. The van der Waals surface area contributed by atoms with Gasteiger partial charge in [-0.2, -0.15) is 0 Å². The summed E-state index contributed by atoms with van der Waals surface area (Å²) < 4.78 is 0. The van der Waals surface area contributed by atoms with Crippen LogP contribution in [0.15, 0.2) is 0 Å². The Morgan fingerprint density at radius 2 is 2.00 bits per heavy atom. The molecule has 0 amide bonds. The molecule has 0 unspecified atom stereocenters. The van der Waals surface area contributed by atoms with E-state index in [4.69, 9.17) is 6.57 Å². The van der Waals surface area contributed by atoms with Gasteiger partial charge in [0.2, 0.25) is 6.54 Å². The molecule has 1 aliphatic carbocycles. The molecule has 14 heavy (non-hydrogen) atoms. The number of nitrogens with zero attached hydrogens (tertiary/aromatic N) is 2. The lowest BCUT2D eigenvalue weighted by molar-refractivity contribution is 0.163. The molecule has 1 rings (SSSR count). The van der Waals surface area contributed by atoms with Gasteiger partial charge in [-0.3, -0.25) is 0 Å². The molecule has 0 spiro atoms. The summed E-state index contributed by atoms with van der Waals surface area (Å²) in [6, 6.07) is 0.819. The monoisotopic (exact) mass is 194 g/mol. The molecule has 80 valence electrons. The first-order valence-electron chi connectivity index (χ1n) is 5.95. The molecule has 0 N–H and O–H groups in total. The second-order valence-electron chi connectivity index (χ2n) is 4.16. The SMILES string of the molecule is [C-]#[N+]CCCN(CC)C1CCCCC1. The zero-order chi connectivity index (χ0) is 10.2. The van der Waals surface area contributed by atoms with E-state index in [2.05, 4.69) is 16.7 Å². The minimum Gasteiger partial charge on any atom is -0.317 e. The fraction of sp³-hybridized carbons (Fsp3) is 0.917. The topological polar surface area (TPSA) is 7.60 Å². The van der Waals surface area contributed by atoms with Crippen molar-refractivity contribution in [1.82, 2.24) is 4.90 Å². The zero-order valence-corrected chi connectivity index (χ0v) is 9.34. The third-order valence-electron chi connectivity index (χ3n) is 3.21. The van der Waals surface area contributed by atoms with Crippen molar-refractivity contribution in [3.8, 4) is 0 Å². The first-order valence-corrected chi connectivity index (χ1v) is 5.95. The average molecular weight is 194 g/mol. The van der Waals surface area contributed by atoms with E-state index >= 15 is 0 Å². The van der Waals surface area contributed by atoms with Crippen molar-refractivity contribution in [3.05, 3.63) is 11.4 Å². The quantitative estimate of drug-likeness (QED) is 0.482. The molecule has 0 aromatic carbocycles. The summed E-state index contributed by atoms with van der Waals surface area (Å²) in [6.07, 6.45) is 8.05. The Morgan fingerprint density at radius 3 is 2.57 bits per heavy atom. The van der Waals surface area contributed by atoms with Gasteiger partial charge in [-0.05, 0) is 19.4 Å². The summed E-state index contributed by atoms with van der Waals surface area (Å²) in [4.78, 5) is 5.98. The van der Waals surface area contributed by atoms with Crippen molar-refractivity contribution < 1.29 is 0 Å². The van der Waals surface area contributed by atoms with Gasteiger partial charge in [-0.1, -0.05) is 26.2 Å². The molecular weight excluding hydrogens is 172 g/mol.